The number of hydrogen-bond donors (Lipinski definition) is 1. The van der Waals surface area contributed by atoms with Crippen LogP contribution in [0.3, 0.4) is 0 Å². The molecule has 0 amide bonds. The van der Waals surface area contributed by atoms with Crippen molar-refractivity contribution in [1.82, 2.24) is 4.98 Å². The highest BCUT2D eigenvalue weighted by Gasteiger charge is 2.05. The highest BCUT2D eigenvalue weighted by Crippen LogP contribution is 2.26. The summed E-state index contributed by atoms with van der Waals surface area (Å²) in [6.07, 6.45) is 1.58. The van der Waals surface area contributed by atoms with Gasteiger partial charge in [0.05, 0.1) is 6.61 Å². The SMILES string of the molecule is CC(C)COc1ccnc(Cl)c1N. The Labute approximate surface area is 82.9 Å². The van der Waals surface area contributed by atoms with Crippen LogP contribution in [-0.4, -0.2) is 11.6 Å². The molecule has 2 N–H and O–H groups in total. The lowest BCUT2D eigenvalue weighted by molar-refractivity contribution is 0.272. The highest BCUT2D eigenvalue weighted by atomic mass is 35.5. The van der Waals surface area contributed by atoms with Gasteiger partial charge in [-0.25, -0.2) is 4.98 Å². The van der Waals surface area contributed by atoms with Crippen LogP contribution in [0, 0.1) is 5.92 Å². The fraction of sp³-hybridized carbons (Fsp3) is 0.444. The van der Waals surface area contributed by atoms with Crippen LogP contribution >= 0.6 is 11.6 Å². The molecule has 0 aromatic carbocycles. The van der Waals surface area contributed by atoms with Crippen LogP contribution in [-0.2, 0) is 0 Å². The molecule has 13 heavy (non-hydrogen) atoms. The molecule has 1 rings (SSSR count). The van der Waals surface area contributed by atoms with E-state index in [1.54, 1.807) is 12.3 Å². The minimum Gasteiger partial charge on any atom is -0.491 e. The first-order valence-electron chi connectivity index (χ1n) is 4.14. The van der Waals surface area contributed by atoms with Gasteiger partial charge in [-0.3, -0.25) is 0 Å². The van der Waals surface area contributed by atoms with Crippen molar-refractivity contribution >= 4 is 17.3 Å². The molecule has 4 heteroatoms. The van der Waals surface area contributed by atoms with Crippen LogP contribution in [0.4, 0.5) is 5.69 Å². The third kappa shape index (κ3) is 2.77. The fourth-order valence-corrected chi connectivity index (χ4v) is 0.963. The van der Waals surface area contributed by atoms with Crippen LogP contribution in [0.1, 0.15) is 13.8 Å². The third-order valence-corrected chi connectivity index (χ3v) is 1.77. The number of nitrogens with zero attached hydrogens (tertiary/aromatic N) is 1. The first-order chi connectivity index (χ1) is 6.11. The number of ether oxygens (including phenoxy) is 1. The van der Waals surface area contributed by atoms with Crippen molar-refractivity contribution in [2.75, 3.05) is 12.3 Å². The Morgan fingerprint density at radius 3 is 2.92 bits per heavy atom. The summed E-state index contributed by atoms with van der Waals surface area (Å²) in [5, 5.41) is 0.293. The summed E-state index contributed by atoms with van der Waals surface area (Å²) in [6, 6.07) is 1.71. The van der Waals surface area contributed by atoms with Gasteiger partial charge in [-0.2, -0.15) is 0 Å². The molecule has 0 aliphatic heterocycles. The number of nitrogen functional groups attached to an aromatic ring is 1. The second-order valence-corrected chi connectivity index (χ2v) is 3.58. The minimum atomic E-state index is 0.293. The van der Waals surface area contributed by atoms with E-state index in [4.69, 9.17) is 22.1 Å². The number of nitrogens with two attached hydrogens (primary N) is 1. The first kappa shape index (κ1) is 10.1. The first-order valence-corrected chi connectivity index (χ1v) is 4.52. The maximum absolute atomic E-state index is 5.71. The fourth-order valence-electron chi connectivity index (χ4n) is 0.814. The van der Waals surface area contributed by atoms with Gasteiger partial charge < -0.3 is 10.5 Å². The molecule has 0 saturated heterocycles. The monoisotopic (exact) mass is 200 g/mol. The topological polar surface area (TPSA) is 48.1 Å². The normalized spacial score (nSPS) is 10.5. The zero-order valence-corrected chi connectivity index (χ0v) is 8.51. The van der Waals surface area contributed by atoms with Crippen LogP contribution in [0.15, 0.2) is 12.3 Å². The highest BCUT2D eigenvalue weighted by molar-refractivity contribution is 6.32. The van der Waals surface area contributed by atoms with Crippen molar-refractivity contribution < 1.29 is 4.74 Å². The smallest absolute Gasteiger partial charge is 0.155 e. The molecule has 0 spiro atoms. The Hall–Kier alpha value is -0.960. The molecule has 1 aromatic heterocycles. The second-order valence-electron chi connectivity index (χ2n) is 3.22. The number of anilines is 1. The zero-order valence-electron chi connectivity index (χ0n) is 7.75. The number of pyridine rings is 1. The predicted molar refractivity (Wildman–Crippen MR) is 54.0 cm³/mol. The lowest BCUT2D eigenvalue weighted by Gasteiger charge is -2.10. The Kier molecular flexibility index (Phi) is 3.37. The molecule has 0 unspecified atom stereocenters. The molecular weight excluding hydrogens is 188 g/mol. The predicted octanol–water partition coefficient (Wildman–Crippen LogP) is 2.35. The molecule has 0 atom stereocenters. The lowest BCUT2D eigenvalue weighted by atomic mass is 10.2. The number of rotatable bonds is 3. The summed E-state index contributed by atoms with van der Waals surface area (Å²) < 4.78 is 5.43. The van der Waals surface area contributed by atoms with E-state index in [0.29, 0.717) is 29.1 Å². The summed E-state index contributed by atoms with van der Waals surface area (Å²) >= 11 is 5.71. The van der Waals surface area contributed by atoms with Gasteiger partial charge in [-0.05, 0) is 5.92 Å². The minimum absolute atomic E-state index is 0.293. The Morgan fingerprint density at radius 2 is 2.31 bits per heavy atom. The number of hydrogen-bond acceptors (Lipinski definition) is 3. The molecule has 1 aromatic rings. The van der Waals surface area contributed by atoms with E-state index < -0.39 is 0 Å². The molecule has 0 aliphatic carbocycles. The molecule has 0 saturated carbocycles. The third-order valence-electron chi connectivity index (χ3n) is 1.47. The average molecular weight is 201 g/mol. The quantitative estimate of drug-likeness (QED) is 0.762. The molecule has 1 heterocycles. The van der Waals surface area contributed by atoms with Crippen molar-refractivity contribution in [2.45, 2.75) is 13.8 Å². The van der Waals surface area contributed by atoms with E-state index in [2.05, 4.69) is 18.8 Å². The van der Waals surface area contributed by atoms with Gasteiger partial charge in [-0.1, -0.05) is 25.4 Å². The van der Waals surface area contributed by atoms with Crippen LogP contribution in [0.2, 0.25) is 5.15 Å². The van der Waals surface area contributed by atoms with E-state index in [1.807, 2.05) is 0 Å². The van der Waals surface area contributed by atoms with Gasteiger partial charge in [0.15, 0.2) is 5.15 Å². The van der Waals surface area contributed by atoms with E-state index in [0.717, 1.165) is 0 Å². The maximum atomic E-state index is 5.71. The standard InChI is InChI=1S/C9H13ClN2O/c1-6(2)5-13-7-3-4-12-9(10)8(7)11/h3-4,6H,5,11H2,1-2H3. The van der Waals surface area contributed by atoms with Gasteiger partial charge in [-0.15, -0.1) is 0 Å². The average Bonchev–Trinajstić information content (AvgIpc) is 2.07. The summed E-state index contributed by atoms with van der Waals surface area (Å²) in [7, 11) is 0. The summed E-state index contributed by atoms with van der Waals surface area (Å²) in [6.45, 7) is 4.77. The van der Waals surface area contributed by atoms with Gasteiger partial charge in [0.2, 0.25) is 0 Å². The molecule has 0 bridgehead atoms. The van der Waals surface area contributed by atoms with Crippen molar-refractivity contribution in [3.63, 3.8) is 0 Å². The Balaban J connectivity index is 2.71. The van der Waals surface area contributed by atoms with E-state index in [1.165, 1.54) is 0 Å². The van der Waals surface area contributed by atoms with Gasteiger partial charge in [0.1, 0.15) is 11.4 Å². The summed E-state index contributed by atoms with van der Waals surface area (Å²) in [4.78, 5) is 3.83. The zero-order chi connectivity index (χ0) is 9.84. The second kappa shape index (κ2) is 4.33. The number of halogens is 1. The summed E-state index contributed by atoms with van der Waals surface area (Å²) in [5.74, 6) is 1.07. The van der Waals surface area contributed by atoms with Gasteiger partial charge in [0.25, 0.3) is 0 Å². The van der Waals surface area contributed by atoms with Gasteiger partial charge in [0, 0.05) is 12.3 Å². The lowest BCUT2D eigenvalue weighted by Crippen LogP contribution is -2.06. The van der Waals surface area contributed by atoms with Crippen molar-refractivity contribution in [3.05, 3.63) is 17.4 Å². The molecule has 0 fully saturated rings. The molecular formula is C9H13ClN2O. The van der Waals surface area contributed by atoms with Crippen LogP contribution < -0.4 is 10.5 Å². The maximum Gasteiger partial charge on any atom is 0.155 e. The molecule has 0 radical (unpaired) electrons. The van der Waals surface area contributed by atoms with Gasteiger partial charge >= 0.3 is 0 Å². The molecule has 72 valence electrons. The van der Waals surface area contributed by atoms with E-state index in [-0.39, 0.29) is 0 Å². The molecule has 3 nitrogen and oxygen atoms in total. The largest absolute Gasteiger partial charge is 0.491 e. The summed E-state index contributed by atoms with van der Waals surface area (Å²) in [5.41, 5.74) is 6.06. The van der Waals surface area contributed by atoms with E-state index in [9.17, 15) is 0 Å². The van der Waals surface area contributed by atoms with Crippen molar-refractivity contribution in [2.24, 2.45) is 5.92 Å². The van der Waals surface area contributed by atoms with Crippen molar-refractivity contribution in [1.29, 1.82) is 0 Å². The Bertz CT molecular complexity index is 289. The van der Waals surface area contributed by atoms with E-state index >= 15 is 0 Å². The van der Waals surface area contributed by atoms with Crippen LogP contribution in [0.5, 0.6) is 5.75 Å². The van der Waals surface area contributed by atoms with Crippen LogP contribution in [0.25, 0.3) is 0 Å². The molecule has 0 aliphatic rings. The van der Waals surface area contributed by atoms with Crippen molar-refractivity contribution in [3.8, 4) is 5.75 Å². The number of aromatic nitrogens is 1. The Morgan fingerprint density at radius 1 is 1.62 bits per heavy atom.